The third-order valence-electron chi connectivity index (χ3n) is 3.62. The minimum atomic E-state index is -3.61. The fraction of sp³-hybridized carbons (Fsp3) is 0.500. The van der Waals surface area contributed by atoms with Crippen LogP contribution >= 0.6 is 28.3 Å². The second-order valence-corrected chi connectivity index (χ2v) is 7.63. The molecule has 1 N–H and O–H groups in total. The maximum absolute atomic E-state index is 12.5. The Hall–Kier alpha value is -0.740. The zero-order valence-electron chi connectivity index (χ0n) is 11.9. The molecular weight excluding hydrogens is 398 g/mol. The molecule has 0 aromatic heterocycles. The molecule has 22 heavy (non-hydrogen) atoms. The molecule has 0 aliphatic carbocycles. The van der Waals surface area contributed by atoms with Gasteiger partial charge in [0.15, 0.2) is 0 Å². The first kappa shape index (κ1) is 19.3. The average Bonchev–Trinajstić information content (AvgIpc) is 2.46. The molecule has 0 spiro atoms. The van der Waals surface area contributed by atoms with Crippen LogP contribution in [-0.4, -0.2) is 43.8 Å². The highest BCUT2D eigenvalue weighted by atomic mass is 79.9. The number of nitro groups is 1. The van der Waals surface area contributed by atoms with Crippen molar-refractivity contribution in [1.82, 2.24) is 9.62 Å². The summed E-state index contributed by atoms with van der Waals surface area (Å²) in [5.74, 6) is 0. The van der Waals surface area contributed by atoms with E-state index in [0.29, 0.717) is 19.1 Å². The number of nitrogens with zero attached hydrogens (tertiary/aromatic N) is 2. The highest BCUT2D eigenvalue weighted by Crippen LogP contribution is 2.29. The predicted octanol–water partition coefficient (Wildman–Crippen LogP) is 2.15. The van der Waals surface area contributed by atoms with Gasteiger partial charge in [0.25, 0.3) is 5.69 Å². The highest BCUT2D eigenvalue weighted by Gasteiger charge is 2.29. The van der Waals surface area contributed by atoms with E-state index in [9.17, 15) is 18.5 Å². The maximum atomic E-state index is 12.5. The minimum Gasteiger partial charge on any atom is -0.317 e. The Morgan fingerprint density at radius 1 is 1.36 bits per heavy atom. The molecule has 1 aliphatic heterocycles. The van der Waals surface area contributed by atoms with Crippen LogP contribution in [0.5, 0.6) is 0 Å². The van der Waals surface area contributed by atoms with Crippen LogP contribution in [0.25, 0.3) is 0 Å². The van der Waals surface area contributed by atoms with Crippen molar-refractivity contribution in [1.29, 1.82) is 0 Å². The number of nitro benzene ring substituents is 1. The van der Waals surface area contributed by atoms with Gasteiger partial charge >= 0.3 is 0 Å². The molecule has 0 atom stereocenters. The summed E-state index contributed by atoms with van der Waals surface area (Å²) in [6, 6.07) is 4.11. The Morgan fingerprint density at radius 2 is 1.95 bits per heavy atom. The molecule has 0 saturated carbocycles. The van der Waals surface area contributed by atoms with Crippen LogP contribution in [-0.2, 0) is 10.0 Å². The minimum absolute atomic E-state index is 0. The van der Waals surface area contributed by atoms with Crippen LogP contribution in [0.15, 0.2) is 27.6 Å². The molecule has 2 rings (SSSR count). The molecule has 1 aliphatic rings. The van der Waals surface area contributed by atoms with Crippen LogP contribution in [0.4, 0.5) is 5.69 Å². The van der Waals surface area contributed by atoms with Gasteiger partial charge in [-0.3, -0.25) is 10.1 Å². The molecule has 1 heterocycles. The third kappa shape index (κ3) is 3.96. The fourth-order valence-electron chi connectivity index (χ4n) is 2.33. The Kier molecular flexibility index (Phi) is 6.75. The smallest absolute Gasteiger partial charge is 0.283 e. The first-order chi connectivity index (χ1) is 9.86. The van der Waals surface area contributed by atoms with E-state index in [-0.39, 0.29) is 27.5 Å². The molecule has 10 heteroatoms. The fourth-order valence-corrected chi connectivity index (χ4v) is 4.50. The maximum Gasteiger partial charge on any atom is 0.283 e. The normalized spacial score (nSPS) is 17.0. The molecule has 124 valence electrons. The van der Waals surface area contributed by atoms with Gasteiger partial charge in [0.2, 0.25) is 10.0 Å². The van der Waals surface area contributed by atoms with Gasteiger partial charge < -0.3 is 5.32 Å². The van der Waals surface area contributed by atoms with Gasteiger partial charge in [-0.25, -0.2) is 8.42 Å². The topological polar surface area (TPSA) is 92.6 Å². The van der Waals surface area contributed by atoms with Gasteiger partial charge in [-0.2, -0.15) is 4.31 Å². The van der Waals surface area contributed by atoms with Crippen molar-refractivity contribution < 1.29 is 13.3 Å². The van der Waals surface area contributed by atoms with Crippen molar-refractivity contribution in [3.63, 3.8) is 0 Å². The van der Waals surface area contributed by atoms with E-state index in [1.165, 1.54) is 22.5 Å². The Bertz CT molecular complexity index is 648. The first-order valence-electron chi connectivity index (χ1n) is 6.47. The number of hydrogen-bond acceptors (Lipinski definition) is 5. The number of rotatable bonds is 4. The summed E-state index contributed by atoms with van der Waals surface area (Å²) in [5, 5.41) is 13.9. The van der Waals surface area contributed by atoms with Crippen molar-refractivity contribution >= 4 is 44.0 Å². The van der Waals surface area contributed by atoms with E-state index in [0.717, 1.165) is 12.8 Å². The molecule has 1 aromatic carbocycles. The summed E-state index contributed by atoms with van der Waals surface area (Å²) in [5.41, 5.74) is -0.150. The molecule has 1 aromatic rings. The molecule has 0 radical (unpaired) electrons. The molecule has 0 bridgehead atoms. The second-order valence-electron chi connectivity index (χ2n) is 4.84. The van der Waals surface area contributed by atoms with E-state index in [1.807, 2.05) is 7.05 Å². The zero-order valence-corrected chi connectivity index (χ0v) is 15.1. The summed E-state index contributed by atoms with van der Waals surface area (Å²) < 4.78 is 26.7. The lowest BCUT2D eigenvalue weighted by atomic mass is 10.1. The average molecular weight is 415 g/mol. The van der Waals surface area contributed by atoms with E-state index in [1.54, 1.807) is 0 Å². The summed E-state index contributed by atoms with van der Waals surface area (Å²) in [7, 11) is -1.74. The monoisotopic (exact) mass is 413 g/mol. The Morgan fingerprint density at radius 3 is 2.41 bits per heavy atom. The molecule has 0 unspecified atom stereocenters. The summed E-state index contributed by atoms with van der Waals surface area (Å²) in [6.45, 7) is 0.894. The lowest BCUT2D eigenvalue weighted by Gasteiger charge is -2.30. The number of halogens is 2. The third-order valence-corrected chi connectivity index (χ3v) is 6.15. The van der Waals surface area contributed by atoms with Gasteiger partial charge in [0.05, 0.1) is 14.3 Å². The van der Waals surface area contributed by atoms with Crippen molar-refractivity contribution in [2.75, 3.05) is 20.1 Å². The second kappa shape index (κ2) is 7.69. The van der Waals surface area contributed by atoms with Crippen molar-refractivity contribution in [2.45, 2.75) is 23.8 Å². The summed E-state index contributed by atoms with van der Waals surface area (Å²) in [6.07, 6.45) is 1.51. The molecule has 1 fully saturated rings. The molecule has 0 amide bonds. The Balaban J connectivity index is 0.00000242. The quantitative estimate of drug-likeness (QED) is 0.602. The van der Waals surface area contributed by atoms with Crippen LogP contribution in [0.2, 0.25) is 0 Å². The van der Waals surface area contributed by atoms with Gasteiger partial charge in [-0.1, -0.05) is 0 Å². The van der Waals surface area contributed by atoms with Gasteiger partial charge in [-0.05, 0) is 48.0 Å². The van der Waals surface area contributed by atoms with Crippen molar-refractivity contribution in [3.05, 3.63) is 32.8 Å². The lowest BCUT2D eigenvalue weighted by Crippen LogP contribution is -2.43. The van der Waals surface area contributed by atoms with E-state index in [2.05, 4.69) is 21.2 Å². The van der Waals surface area contributed by atoms with E-state index < -0.39 is 14.9 Å². The standard InChI is InChI=1S/C12H16BrN3O4S.ClH/c1-14-9-4-6-15(7-5-9)21(19,20)10-2-3-12(16(17)18)11(13)8-10;/h2-3,8-9,14H,4-7H2,1H3;1H. The summed E-state index contributed by atoms with van der Waals surface area (Å²) >= 11 is 3.05. The van der Waals surface area contributed by atoms with Gasteiger partial charge in [0, 0.05) is 25.2 Å². The van der Waals surface area contributed by atoms with Crippen LogP contribution in [0.1, 0.15) is 12.8 Å². The largest absolute Gasteiger partial charge is 0.317 e. The Labute approximate surface area is 143 Å². The first-order valence-corrected chi connectivity index (χ1v) is 8.71. The molecular formula is C12H17BrClN3O4S. The number of nitrogens with one attached hydrogen (secondary N) is 1. The van der Waals surface area contributed by atoms with Crippen LogP contribution in [0.3, 0.4) is 0 Å². The highest BCUT2D eigenvalue weighted by molar-refractivity contribution is 9.10. The molecule has 7 nitrogen and oxygen atoms in total. The number of piperidine rings is 1. The van der Waals surface area contributed by atoms with Gasteiger partial charge in [0.1, 0.15) is 0 Å². The number of hydrogen-bond donors (Lipinski definition) is 1. The zero-order chi connectivity index (χ0) is 15.6. The molecule has 1 saturated heterocycles. The summed E-state index contributed by atoms with van der Waals surface area (Å²) in [4.78, 5) is 10.3. The van der Waals surface area contributed by atoms with Crippen molar-refractivity contribution in [3.8, 4) is 0 Å². The van der Waals surface area contributed by atoms with E-state index >= 15 is 0 Å². The lowest BCUT2D eigenvalue weighted by molar-refractivity contribution is -0.385. The number of sulfonamides is 1. The SMILES string of the molecule is CNC1CCN(S(=O)(=O)c2ccc([N+](=O)[O-])c(Br)c2)CC1.Cl. The number of benzene rings is 1. The van der Waals surface area contributed by atoms with Crippen LogP contribution in [0, 0.1) is 10.1 Å². The van der Waals surface area contributed by atoms with Gasteiger partial charge in [-0.15, -0.1) is 12.4 Å². The van der Waals surface area contributed by atoms with E-state index in [4.69, 9.17) is 0 Å². The predicted molar refractivity (Wildman–Crippen MR) is 88.9 cm³/mol. The van der Waals surface area contributed by atoms with Crippen molar-refractivity contribution in [2.24, 2.45) is 0 Å². The van der Waals surface area contributed by atoms with Crippen LogP contribution < -0.4 is 5.32 Å².